The van der Waals surface area contributed by atoms with Crippen molar-refractivity contribution in [2.24, 2.45) is 0 Å². The number of nitrogens with zero attached hydrogens (tertiary/aromatic N) is 4. The molecule has 0 amide bonds. The topological polar surface area (TPSA) is 74.5 Å². The summed E-state index contributed by atoms with van der Waals surface area (Å²) in [4.78, 5) is 19.5. The number of nitrogens with one attached hydrogen (secondary N) is 1. The number of hydrogen-bond donors (Lipinski definition) is 1. The number of aromatic nitrogens is 1. The normalized spacial score (nSPS) is 19.9. The van der Waals surface area contributed by atoms with E-state index in [-0.39, 0.29) is 10.6 Å². The Labute approximate surface area is 118 Å². The first-order chi connectivity index (χ1) is 9.55. The van der Waals surface area contributed by atoms with Gasteiger partial charge in [-0.25, -0.2) is 4.98 Å². The Balaban J connectivity index is 2.27. The van der Waals surface area contributed by atoms with Crippen molar-refractivity contribution in [1.29, 1.82) is 0 Å². The molecule has 1 atom stereocenters. The maximum Gasteiger partial charge on any atom is 0.276 e. The molecule has 1 unspecified atom stereocenters. The molecule has 1 aromatic rings. The van der Waals surface area contributed by atoms with E-state index in [9.17, 15) is 10.1 Å². The van der Waals surface area contributed by atoms with Crippen molar-refractivity contribution in [3.63, 3.8) is 0 Å². The molecule has 1 fully saturated rings. The van der Waals surface area contributed by atoms with Crippen molar-refractivity contribution in [2.45, 2.75) is 19.4 Å². The van der Waals surface area contributed by atoms with Gasteiger partial charge in [0.25, 0.3) is 5.69 Å². The van der Waals surface area contributed by atoms with Crippen LogP contribution in [0.3, 0.4) is 0 Å². The average Bonchev–Trinajstić information content (AvgIpc) is 2.47. The summed E-state index contributed by atoms with van der Waals surface area (Å²) in [6.07, 6.45) is 1.06. The lowest BCUT2D eigenvalue weighted by Gasteiger charge is -2.39. The molecule has 7 nitrogen and oxygen atoms in total. The molecule has 1 N–H and O–H groups in total. The van der Waals surface area contributed by atoms with Gasteiger partial charge in [-0.3, -0.25) is 15.0 Å². The Morgan fingerprint density at radius 1 is 1.50 bits per heavy atom. The quantitative estimate of drug-likeness (QED) is 0.666. The second kappa shape index (κ2) is 6.04. The zero-order valence-electron chi connectivity index (χ0n) is 12.2. The SMILES string of the molecule is CCC1CN(c2cc([N+](=O)[O-])cc(NC)n2)CCN1C. The minimum atomic E-state index is -0.376. The van der Waals surface area contributed by atoms with Gasteiger partial charge in [-0.05, 0) is 13.5 Å². The van der Waals surface area contributed by atoms with Gasteiger partial charge in [0.15, 0.2) is 0 Å². The van der Waals surface area contributed by atoms with E-state index in [0.29, 0.717) is 17.7 Å². The summed E-state index contributed by atoms with van der Waals surface area (Å²) >= 11 is 0. The molecular formula is C13H21N5O2. The Bertz CT molecular complexity index is 494. The van der Waals surface area contributed by atoms with E-state index in [1.165, 1.54) is 6.07 Å². The number of rotatable bonds is 4. The lowest BCUT2D eigenvalue weighted by Crippen LogP contribution is -2.51. The van der Waals surface area contributed by atoms with Crippen LogP contribution < -0.4 is 10.2 Å². The van der Waals surface area contributed by atoms with E-state index < -0.39 is 0 Å². The maximum absolute atomic E-state index is 11.0. The van der Waals surface area contributed by atoms with Crippen LogP contribution in [0.2, 0.25) is 0 Å². The van der Waals surface area contributed by atoms with Crippen LogP contribution in [0.5, 0.6) is 0 Å². The lowest BCUT2D eigenvalue weighted by molar-refractivity contribution is -0.384. The highest BCUT2D eigenvalue weighted by atomic mass is 16.6. The first-order valence-corrected chi connectivity index (χ1v) is 6.84. The minimum absolute atomic E-state index is 0.0753. The van der Waals surface area contributed by atoms with Crippen molar-refractivity contribution in [3.8, 4) is 0 Å². The minimum Gasteiger partial charge on any atom is -0.373 e. The molecule has 2 heterocycles. The van der Waals surface area contributed by atoms with Crippen LogP contribution in [0.25, 0.3) is 0 Å². The number of nitro groups is 1. The molecular weight excluding hydrogens is 258 g/mol. The largest absolute Gasteiger partial charge is 0.373 e. The van der Waals surface area contributed by atoms with Crippen molar-refractivity contribution >= 4 is 17.3 Å². The molecule has 20 heavy (non-hydrogen) atoms. The van der Waals surface area contributed by atoms with Gasteiger partial charge in [-0.1, -0.05) is 6.92 Å². The molecule has 0 spiro atoms. The zero-order chi connectivity index (χ0) is 14.7. The maximum atomic E-state index is 11.0. The third-order valence-corrected chi connectivity index (χ3v) is 3.84. The summed E-state index contributed by atoms with van der Waals surface area (Å²) in [6, 6.07) is 3.47. The highest BCUT2D eigenvalue weighted by Crippen LogP contribution is 2.25. The molecule has 0 aromatic carbocycles. The van der Waals surface area contributed by atoms with Gasteiger partial charge in [0, 0.05) is 32.7 Å². The number of hydrogen-bond acceptors (Lipinski definition) is 6. The summed E-state index contributed by atoms with van der Waals surface area (Å²) in [5.74, 6) is 1.20. The van der Waals surface area contributed by atoms with Crippen LogP contribution >= 0.6 is 0 Å². The van der Waals surface area contributed by atoms with Crippen LogP contribution in [-0.4, -0.2) is 54.6 Å². The zero-order valence-corrected chi connectivity index (χ0v) is 12.2. The Morgan fingerprint density at radius 3 is 2.85 bits per heavy atom. The standard InChI is InChI=1S/C13H21N5O2/c1-4-10-9-17(6-5-16(10)3)13-8-11(18(19)20)7-12(14-2)15-13/h7-8,10H,4-6,9H2,1-3H3,(H,14,15). The fraction of sp³-hybridized carbons (Fsp3) is 0.615. The first kappa shape index (κ1) is 14.5. The van der Waals surface area contributed by atoms with Crippen LogP contribution in [0, 0.1) is 10.1 Å². The summed E-state index contributed by atoms with van der Waals surface area (Å²) in [6.45, 7) is 4.79. The molecule has 110 valence electrons. The number of likely N-dealkylation sites (N-methyl/N-ethyl adjacent to an activating group) is 1. The third-order valence-electron chi connectivity index (χ3n) is 3.84. The number of piperazine rings is 1. The van der Waals surface area contributed by atoms with Gasteiger partial charge < -0.3 is 10.2 Å². The van der Waals surface area contributed by atoms with Gasteiger partial charge in [-0.15, -0.1) is 0 Å². The molecule has 0 bridgehead atoms. The van der Waals surface area contributed by atoms with E-state index in [1.807, 2.05) is 0 Å². The van der Waals surface area contributed by atoms with Crippen LogP contribution in [0.1, 0.15) is 13.3 Å². The van der Waals surface area contributed by atoms with Crippen molar-refractivity contribution in [2.75, 3.05) is 43.9 Å². The second-order valence-electron chi connectivity index (χ2n) is 5.06. The Hall–Kier alpha value is -1.89. The molecule has 0 saturated carbocycles. The van der Waals surface area contributed by atoms with E-state index >= 15 is 0 Å². The summed E-state index contributed by atoms with van der Waals surface area (Å²) in [7, 11) is 3.83. The van der Waals surface area contributed by atoms with E-state index in [1.54, 1.807) is 13.1 Å². The first-order valence-electron chi connectivity index (χ1n) is 6.84. The fourth-order valence-electron chi connectivity index (χ4n) is 2.49. The molecule has 7 heteroatoms. The van der Waals surface area contributed by atoms with Gasteiger partial charge in [0.05, 0.1) is 17.1 Å². The average molecular weight is 279 g/mol. The highest BCUT2D eigenvalue weighted by Gasteiger charge is 2.25. The highest BCUT2D eigenvalue weighted by molar-refractivity contribution is 5.56. The van der Waals surface area contributed by atoms with Gasteiger partial charge in [0.2, 0.25) is 0 Å². The summed E-state index contributed by atoms with van der Waals surface area (Å²) < 4.78 is 0. The lowest BCUT2D eigenvalue weighted by atomic mass is 10.1. The Morgan fingerprint density at radius 2 is 2.25 bits per heavy atom. The molecule has 0 aliphatic carbocycles. The van der Waals surface area contributed by atoms with Crippen molar-refractivity contribution in [3.05, 3.63) is 22.2 Å². The van der Waals surface area contributed by atoms with E-state index in [2.05, 4.69) is 34.1 Å². The molecule has 0 radical (unpaired) electrons. The number of anilines is 2. The van der Waals surface area contributed by atoms with Gasteiger partial charge in [-0.2, -0.15) is 0 Å². The van der Waals surface area contributed by atoms with Crippen LogP contribution in [-0.2, 0) is 0 Å². The Kier molecular flexibility index (Phi) is 4.39. The second-order valence-corrected chi connectivity index (χ2v) is 5.06. The molecule has 1 aliphatic heterocycles. The monoisotopic (exact) mass is 279 g/mol. The molecule has 1 aromatic heterocycles. The molecule has 1 saturated heterocycles. The van der Waals surface area contributed by atoms with E-state index in [4.69, 9.17) is 0 Å². The summed E-state index contributed by atoms with van der Waals surface area (Å²) in [5.41, 5.74) is 0.0753. The smallest absolute Gasteiger partial charge is 0.276 e. The predicted molar refractivity (Wildman–Crippen MR) is 79.4 cm³/mol. The third kappa shape index (κ3) is 2.98. The fourth-order valence-corrected chi connectivity index (χ4v) is 2.49. The van der Waals surface area contributed by atoms with Crippen LogP contribution in [0.15, 0.2) is 12.1 Å². The van der Waals surface area contributed by atoms with E-state index in [0.717, 1.165) is 26.1 Å². The summed E-state index contributed by atoms with van der Waals surface area (Å²) in [5, 5.41) is 13.9. The molecule has 2 rings (SSSR count). The van der Waals surface area contributed by atoms with Crippen LogP contribution in [0.4, 0.5) is 17.3 Å². The molecule has 1 aliphatic rings. The van der Waals surface area contributed by atoms with Crippen molar-refractivity contribution in [1.82, 2.24) is 9.88 Å². The van der Waals surface area contributed by atoms with Crippen molar-refractivity contribution < 1.29 is 4.92 Å². The number of pyridine rings is 1. The van der Waals surface area contributed by atoms with Gasteiger partial charge >= 0.3 is 0 Å². The van der Waals surface area contributed by atoms with Gasteiger partial charge in [0.1, 0.15) is 11.6 Å². The predicted octanol–water partition coefficient (Wildman–Crippen LogP) is 1.56.